The molecule has 19 heavy (non-hydrogen) atoms. The number of nitrogens with zero attached hydrogens (tertiary/aromatic N) is 1. The Balaban J connectivity index is 2.01. The van der Waals surface area contributed by atoms with Gasteiger partial charge in [-0.2, -0.15) is 0 Å². The molecule has 0 amide bonds. The lowest BCUT2D eigenvalue weighted by molar-refractivity contribution is -0.243. The third-order valence-corrected chi connectivity index (χ3v) is 4.05. The summed E-state index contributed by atoms with van der Waals surface area (Å²) in [7, 11) is 0. The van der Waals surface area contributed by atoms with Gasteiger partial charge < -0.3 is 24.6 Å². The second-order valence-electron chi connectivity index (χ2n) is 5.08. The molecular formula is C14H19NO4. The minimum absolute atomic E-state index is 0.118. The molecule has 2 aliphatic heterocycles. The van der Waals surface area contributed by atoms with Crippen molar-refractivity contribution in [3.05, 3.63) is 30.3 Å². The molecule has 2 aliphatic rings. The monoisotopic (exact) mass is 265 g/mol. The zero-order chi connectivity index (χ0) is 13.3. The van der Waals surface area contributed by atoms with Crippen molar-refractivity contribution in [2.24, 2.45) is 0 Å². The van der Waals surface area contributed by atoms with Gasteiger partial charge in [0.25, 0.3) is 0 Å². The first-order valence-corrected chi connectivity index (χ1v) is 6.61. The highest BCUT2D eigenvalue weighted by molar-refractivity contribution is 5.52. The average molecular weight is 265 g/mol. The van der Waals surface area contributed by atoms with Gasteiger partial charge in [-0.3, -0.25) is 0 Å². The highest BCUT2D eigenvalue weighted by Gasteiger charge is 2.56. The average Bonchev–Trinajstić information content (AvgIpc) is 2.36. The number of rotatable bonds is 5. The van der Waals surface area contributed by atoms with E-state index in [0.717, 1.165) is 18.5 Å². The van der Waals surface area contributed by atoms with Crippen LogP contribution in [-0.2, 0) is 9.47 Å². The van der Waals surface area contributed by atoms with E-state index in [9.17, 15) is 10.2 Å². The Bertz CT molecular complexity index is 395. The molecule has 2 N–H and O–H groups in total. The molecule has 2 atom stereocenters. The normalized spacial score (nSPS) is 33.4. The third-order valence-electron chi connectivity index (χ3n) is 4.05. The Morgan fingerprint density at radius 2 is 1.42 bits per heavy atom. The minimum atomic E-state index is -0.773. The quantitative estimate of drug-likeness (QED) is 0.821. The maximum atomic E-state index is 9.74. The van der Waals surface area contributed by atoms with Crippen LogP contribution >= 0.6 is 0 Å². The topological polar surface area (TPSA) is 62.2 Å². The first-order chi connectivity index (χ1) is 9.26. The van der Waals surface area contributed by atoms with Crippen LogP contribution < -0.4 is 4.90 Å². The summed E-state index contributed by atoms with van der Waals surface area (Å²) in [6.45, 7) is 0.997. The Morgan fingerprint density at radius 3 is 1.74 bits per heavy atom. The van der Waals surface area contributed by atoms with E-state index in [4.69, 9.17) is 9.47 Å². The van der Waals surface area contributed by atoms with Gasteiger partial charge >= 0.3 is 0 Å². The second kappa shape index (κ2) is 4.76. The summed E-state index contributed by atoms with van der Waals surface area (Å²) in [6, 6.07) is 9.67. The molecule has 0 bridgehead atoms. The van der Waals surface area contributed by atoms with E-state index in [-0.39, 0.29) is 13.2 Å². The van der Waals surface area contributed by atoms with Gasteiger partial charge in [0.2, 0.25) is 0 Å². The van der Waals surface area contributed by atoms with Gasteiger partial charge in [-0.05, 0) is 12.1 Å². The standard InChI is InChI=1S/C14H19NO4/c16-10-13(6-8-18-13)15(12-4-2-1-3-5-12)14(11-17)7-9-19-14/h1-5,16-17H,6-11H2. The highest BCUT2D eigenvalue weighted by Crippen LogP contribution is 2.44. The van der Waals surface area contributed by atoms with E-state index < -0.39 is 11.4 Å². The van der Waals surface area contributed by atoms with Crippen LogP contribution in [0.2, 0.25) is 0 Å². The number of aliphatic hydroxyl groups is 2. The molecule has 0 spiro atoms. The summed E-state index contributed by atoms with van der Waals surface area (Å²) in [4.78, 5) is 1.91. The minimum Gasteiger partial charge on any atom is -0.391 e. The van der Waals surface area contributed by atoms with Crippen LogP contribution in [0.15, 0.2) is 30.3 Å². The summed E-state index contributed by atoms with van der Waals surface area (Å²) in [5.41, 5.74) is -0.653. The maximum Gasteiger partial charge on any atom is 0.168 e. The molecule has 1 aromatic carbocycles. The summed E-state index contributed by atoms with van der Waals surface area (Å²) in [5.74, 6) is 0. The summed E-state index contributed by atoms with van der Waals surface area (Å²) in [5, 5.41) is 19.5. The van der Waals surface area contributed by atoms with Crippen LogP contribution in [-0.4, -0.2) is 48.1 Å². The predicted octanol–water partition coefficient (Wildman–Crippen LogP) is 0.711. The SMILES string of the molecule is OCC1(N(c2ccccc2)C2(CO)CCO2)CCO1. The Hall–Kier alpha value is -1.14. The van der Waals surface area contributed by atoms with E-state index in [0.29, 0.717) is 13.2 Å². The summed E-state index contributed by atoms with van der Waals surface area (Å²) < 4.78 is 11.3. The maximum absolute atomic E-state index is 9.74. The van der Waals surface area contributed by atoms with Crippen LogP contribution in [0.3, 0.4) is 0 Å². The molecule has 1 aromatic rings. The van der Waals surface area contributed by atoms with Gasteiger partial charge in [0.15, 0.2) is 11.4 Å². The van der Waals surface area contributed by atoms with Crippen LogP contribution in [0.5, 0.6) is 0 Å². The summed E-state index contributed by atoms with van der Waals surface area (Å²) >= 11 is 0. The van der Waals surface area contributed by atoms with Crippen molar-refractivity contribution in [1.82, 2.24) is 0 Å². The second-order valence-corrected chi connectivity index (χ2v) is 5.08. The lowest BCUT2D eigenvalue weighted by Crippen LogP contribution is -2.73. The zero-order valence-electron chi connectivity index (χ0n) is 10.8. The van der Waals surface area contributed by atoms with E-state index >= 15 is 0 Å². The van der Waals surface area contributed by atoms with Crippen molar-refractivity contribution in [3.8, 4) is 0 Å². The van der Waals surface area contributed by atoms with E-state index in [1.54, 1.807) is 0 Å². The lowest BCUT2D eigenvalue weighted by Gasteiger charge is -2.59. The smallest absolute Gasteiger partial charge is 0.168 e. The molecule has 3 rings (SSSR count). The molecule has 5 heteroatoms. The molecular weight excluding hydrogens is 246 g/mol. The van der Waals surface area contributed by atoms with Crippen LogP contribution in [0, 0.1) is 0 Å². The molecule has 104 valence electrons. The summed E-state index contributed by atoms with van der Waals surface area (Å²) in [6.07, 6.45) is 1.45. The third kappa shape index (κ3) is 1.85. The number of benzene rings is 1. The number of para-hydroxylation sites is 1. The van der Waals surface area contributed by atoms with E-state index in [1.165, 1.54) is 0 Å². The molecule has 2 heterocycles. The van der Waals surface area contributed by atoms with Gasteiger partial charge in [-0.15, -0.1) is 0 Å². The number of ether oxygens (including phenoxy) is 2. The first kappa shape index (κ1) is 12.9. The van der Waals surface area contributed by atoms with Gasteiger partial charge in [0.05, 0.1) is 26.4 Å². The molecule has 2 fully saturated rings. The van der Waals surface area contributed by atoms with E-state index in [1.807, 2.05) is 35.2 Å². The van der Waals surface area contributed by atoms with Crippen molar-refractivity contribution < 1.29 is 19.7 Å². The lowest BCUT2D eigenvalue weighted by atomic mass is 9.94. The molecule has 2 saturated heterocycles. The van der Waals surface area contributed by atoms with Crippen LogP contribution in [0.25, 0.3) is 0 Å². The van der Waals surface area contributed by atoms with Crippen molar-refractivity contribution in [2.75, 3.05) is 31.3 Å². The Labute approximate surface area is 112 Å². The van der Waals surface area contributed by atoms with Crippen molar-refractivity contribution in [3.63, 3.8) is 0 Å². The van der Waals surface area contributed by atoms with Gasteiger partial charge in [0.1, 0.15) is 0 Å². The molecule has 2 unspecified atom stereocenters. The van der Waals surface area contributed by atoms with Gasteiger partial charge in [0, 0.05) is 18.5 Å². The zero-order valence-corrected chi connectivity index (χ0v) is 10.8. The molecule has 0 saturated carbocycles. The van der Waals surface area contributed by atoms with Gasteiger partial charge in [-0.25, -0.2) is 0 Å². The predicted molar refractivity (Wildman–Crippen MR) is 69.7 cm³/mol. The first-order valence-electron chi connectivity index (χ1n) is 6.61. The molecule has 0 radical (unpaired) electrons. The highest BCUT2D eigenvalue weighted by atomic mass is 16.6. The molecule has 0 aromatic heterocycles. The Morgan fingerprint density at radius 1 is 0.947 bits per heavy atom. The van der Waals surface area contributed by atoms with Crippen molar-refractivity contribution in [2.45, 2.75) is 24.3 Å². The Kier molecular flexibility index (Phi) is 3.22. The van der Waals surface area contributed by atoms with Crippen molar-refractivity contribution in [1.29, 1.82) is 0 Å². The largest absolute Gasteiger partial charge is 0.391 e. The number of aliphatic hydroxyl groups excluding tert-OH is 2. The van der Waals surface area contributed by atoms with Crippen LogP contribution in [0.4, 0.5) is 5.69 Å². The molecule has 0 aliphatic carbocycles. The number of hydrogen-bond donors (Lipinski definition) is 2. The number of hydrogen-bond acceptors (Lipinski definition) is 5. The fourth-order valence-corrected chi connectivity index (χ4v) is 2.84. The van der Waals surface area contributed by atoms with Crippen molar-refractivity contribution >= 4 is 5.69 Å². The fourth-order valence-electron chi connectivity index (χ4n) is 2.84. The molecule has 5 nitrogen and oxygen atoms in total. The fraction of sp³-hybridized carbons (Fsp3) is 0.571. The number of anilines is 1. The van der Waals surface area contributed by atoms with Crippen LogP contribution in [0.1, 0.15) is 12.8 Å². The van der Waals surface area contributed by atoms with Gasteiger partial charge in [-0.1, -0.05) is 18.2 Å². The van der Waals surface area contributed by atoms with E-state index in [2.05, 4.69) is 0 Å².